The number of benzene rings is 1. The van der Waals surface area contributed by atoms with Crippen LogP contribution < -0.4 is 9.47 Å². The lowest BCUT2D eigenvalue weighted by molar-refractivity contribution is -0.170. The van der Waals surface area contributed by atoms with Gasteiger partial charge in [-0.3, -0.25) is 19.5 Å². The van der Waals surface area contributed by atoms with Gasteiger partial charge in [-0.1, -0.05) is 6.07 Å². The van der Waals surface area contributed by atoms with E-state index in [0.717, 1.165) is 61.3 Å². The van der Waals surface area contributed by atoms with E-state index in [0.29, 0.717) is 0 Å². The molecule has 3 heterocycles. The second-order valence-electron chi connectivity index (χ2n) is 8.29. The van der Waals surface area contributed by atoms with Gasteiger partial charge in [0.05, 0.1) is 31.7 Å². The second kappa shape index (κ2) is 13.1. The van der Waals surface area contributed by atoms with E-state index >= 15 is 0 Å². The Balaban J connectivity index is 0.000000251. The summed E-state index contributed by atoms with van der Waals surface area (Å²) in [6.45, 7) is 4.94. The van der Waals surface area contributed by atoms with E-state index in [4.69, 9.17) is 39.6 Å². The molecule has 0 spiro atoms. The monoisotopic (exact) mass is 536 g/mol. The zero-order valence-electron chi connectivity index (χ0n) is 19.9. The number of fused-ring (bicyclic) bond motifs is 1. The Labute approximate surface area is 216 Å². The third-order valence-corrected chi connectivity index (χ3v) is 6.34. The van der Waals surface area contributed by atoms with Crippen LogP contribution in [0.2, 0.25) is 0 Å². The summed E-state index contributed by atoms with van der Waals surface area (Å²) in [5, 5.41) is 35.9. The molecule has 200 valence electrons. The first kappa shape index (κ1) is 28.1. The fourth-order valence-electron chi connectivity index (χ4n) is 3.61. The van der Waals surface area contributed by atoms with Gasteiger partial charge in [0.1, 0.15) is 0 Å². The summed E-state index contributed by atoms with van der Waals surface area (Å²) in [6, 6.07) is 8.16. The van der Waals surface area contributed by atoms with Crippen LogP contribution >= 0.6 is 11.3 Å². The van der Waals surface area contributed by atoms with Crippen molar-refractivity contribution in [3.63, 3.8) is 0 Å². The smallest absolute Gasteiger partial charge is 0.336 e. The van der Waals surface area contributed by atoms with Gasteiger partial charge in [-0.25, -0.2) is 4.79 Å². The first-order chi connectivity index (χ1) is 17.7. The Kier molecular flexibility index (Phi) is 9.97. The molecule has 0 unspecified atom stereocenters. The summed E-state index contributed by atoms with van der Waals surface area (Å²) in [6.07, 6.45) is 0.567. The molecule has 0 aliphatic carbocycles. The predicted octanol–water partition coefficient (Wildman–Crippen LogP) is 1.85. The van der Waals surface area contributed by atoms with Crippen molar-refractivity contribution in [3.8, 4) is 11.5 Å². The number of hydrogen-bond acceptors (Lipinski definition) is 10. The van der Waals surface area contributed by atoms with Gasteiger partial charge in [0, 0.05) is 36.8 Å². The molecule has 2 aromatic rings. The minimum absolute atomic E-state index is 0.288. The number of nitrogens with zero attached hydrogens (tertiary/aromatic N) is 2. The first-order valence-corrected chi connectivity index (χ1v) is 12.2. The summed E-state index contributed by atoms with van der Waals surface area (Å²) in [7, 11) is 0. The Morgan fingerprint density at radius 1 is 1.05 bits per heavy atom. The maximum absolute atomic E-state index is 10.3. The fraction of sp³-hybridized carbons (Fsp3) is 0.417. The van der Waals surface area contributed by atoms with Crippen LogP contribution in [-0.2, 0) is 25.5 Å². The Bertz CT molecular complexity index is 1100. The quantitative estimate of drug-likeness (QED) is 0.326. The summed E-state index contributed by atoms with van der Waals surface area (Å²) >= 11 is 1.68. The average Bonchev–Trinajstić information content (AvgIpc) is 3.52. The highest BCUT2D eigenvalue weighted by Gasteiger charge is 2.40. The van der Waals surface area contributed by atoms with Crippen LogP contribution in [0.5, 0.6) is 11.5 Å². The molecule has 4 rings (SSSR count). The van der Waals surface area contributed by atoms with Crippen molar-refractivity contribution in [3.05, 3.63) is 40.1 Å². The number of carbonyl (C=O) groups is 3. The SMILES string of the molecule is C(=Nc1cc2c(cc1CCN1CCOCC1)OCO2)c1cccs1.O=C(O)CC(O)(CC(=O)O)C(=O)O. The van der Waals surface area contributed by atoms with Gasteiger partial charge in [-0.15, -0.1) is 11.3 Å². The molecule has 1 saturated heterocycles. The Morgan fingerprint density at radius 3 is 2.27 bits per heavy atom. The molecular formula is C24H28N2O10S. The highest BCUT2D eigenvalue weighted by molar-refractivity contribution is 7.11. The maximum Gasteiger partial charge on any atom is 0.336 e. The Morgan fingerprint density at radius 2 is 1.70 bits per heavy atom. The van der Waals surface area contributed by atoms with Crippen LogP contribution in [0.15, 0.2) is 34.6 Å². The molecule has 0 radical (unpaired) electrons. The van der Waals surface area contributed by atoms with E-state index in [1.165, 1.54) is 5.56 Å². The molecule has 37 heavy (non-hydrogen) atoms. The van der Waals surface area contributed by atoms with Crippen LogP contribution in [0, 0.1) is 0 Å². The number of aliphatic carboxylic acids is 3. The number of rotatable bonds is 10. The fourth-order valence-corrected chi connectivity index (χ4v) is 4.19. The van der Waals surface area contributed by atoms with Gasteiger partial charge in [0.15, 0.2) is 17.1 Å². The lowest BCUT2D eigenvalue weighted by atomic mass is 9.96. The number of thiophene rings is 1. The number of ether oxygens (including phenoxy) is 3. The molecule has 13 heteroatoms. The molecule has 1 fully saturated rings. The lowest BCUT2D eigenvalue weighted by Crippen LogP contribution is -2.42. The van der Waals surface area contributed by atoms with Gasteiger partial charge in [0.2, 0.25) is 6.79 Å². The van der Waals surface area contributed by atoms with Crippen molar-refractivity contribution in [1.82, 2.24) is 4.90 Å². The van der Waals surface area contributed by atoms with Gasteiger partial charge in [-0.05, 0) is 29.5 Å². The molecule has 1 aromatic heterocycles. The largest absolute Gasteiger partial charge is 0.481 e. The topological polar surface area (TPSA) is 175 Å². The highest BCUT2D eigenvalue weighted by Crippen LogP contribution is 2.38. The van der Waals surface area contributed by atoms with E-state index in [9.17, 15) is 14.4 Å². The van der Waals surface area contributed by atoms with E-state index in [1.54, 1.807) is 11.3 Å². The molecule has 2 aliphatic rings. The number of aliphatic hydroxyl groups is 1. The zero-order valence-corrected chi connectivity index (χ0v) is 20.7. The van der Waals surface area contributed by atoms with Crippen molar-refractivity contribution in [1.29, 1.82) is 0 Å². The maximum atomic E-state index is 10.3. The zero-order chi connectivity index (χ0) is 26.8. The molecule has 2 aliphatic heterocycles. The van der Waals surface area contributed by atoms with Gasteiger partial charge in [0.25, 0.3) is 0 Å². The molecule has 1 aromatic carbocycles. The van der Waals surface area contributed by atoms with Crippen molar-refractivity contribution in [2.24, 2.45) is 4.99 Å². The normalized spacial score (nSPS) is 15.3. The molecule has 4 N–H and O–H groups in total. The van der Waals surface area contributed by atoms with Crippen molar-refractivity contribution in [2.75, 3.05) is 39.6 Å². The van der Waals surface area contributed by atoms with Gasteiger partial charge < -0.3 is 34.6 Å². The van der Waals surface area contributed by atoms with Crippen molar-refractivity contribution >= 4 is 41.1 Å². The van der Waals surface area contributed by atoms with Crippen molar-refractivity contribution < 1.29 is 49.0 Å². The van der Waals surface area contributed by atoms with E-state index in [1.807, 2.05) is 18.3 Å². The molecule has 0 amide bonds. The molecule has 0 atom stereocenters. The van der Waals surface area contributed by atoms with Gasteiger partial charge >= 0.3 is 17.9 Å². The number of carboxylic acids is 3. The van der Waals surface area contributed by atoms with Gasteiger partial charge in [-0.2, -0.15) is 0 Å². The van der Waals surface area contributed by atoms with Crippen LogP contribution in [0.25, 0.3) is 0 Å². The molecular weight excluding hydrogens is 508 g/mol. The molecule has 0 saturated carbocycles. The highest BCUT2D eigenvalue weighted by atomic mass is 32.1. The van der Waals surface area contributed by atoms with E-state index in [2.05, 4.69) is 22.4 Å². The minimum atomic E-state index is -2.74. The third-order valence-electron chi connectivity index (χ3n) is 5.53. The summed E-state index contributed by atoms with van der Waals surface area (Å²) in [5.41, 5.74) is -0.586. The van der Waals surface area contributed by atoms with Crippen molar-refractivity contribution in [2.45, 2.75) is 24.9 Å². The third kappa shape index (κ3) is 8.53. The molecule has 0 bridgehead atoms. The summed E-state index contributed by atoms with van der Waals surface area (Å²) in [5.74, 6) is -3.42. The average molecular weight is 537 g/mol. The summed E-state index contributed by atoms with van der Waals surface area (Å²) in [4.78, 5) is 38.8. The number of hydrogen-bond donors (Lipinski definition) is 4. The summed E-state index contributed by atoms with van der Waals surface area (Å²) < 4.78 is 16.5. The lowest BCUT2D eigenvalue weighted by Gasteiger charge is -2.26. The van der Waals surface area contributed by atoms with Crippen LogP contribution in [0.3, 0.4) is 0 Å². The minimum Gasteiger partial charge on any atom is -0.481 e. The van der Waals surface area contributed by atoms with E-state index < -0.39 is 36.4 Å². The van der Waals surface area contributed by atoms with Crippen LogP contribution in [0.4, 0.5) is 5.69 Å². The first-order valence-electron chi connectivity index (χ1n) is 11.4. The second-order valence-corrected chi connectivity index (χ2v) is 9.27. The number of carboxylic acid groups (broad SMARTS) is 3. The molecule has 12 nitrogen and oxygen atoms in total. The standard InChI is InChI=1S/C18H20N2O3S.C6H8O7/c1-2-15(24-9-1)12-19-16-11-18-17(22-13-23-18)10-14(16)3-4-20-5-7-21-8-6-20;7-3(8)1-6(13,5(11)12)2-4(9)10/h1-2,9-12H,3-8,13H2;13H,1-2H2,(H,7,8)(H,9,10)(H,11,12). The number of aliphatic imine (C=N–C) groups is 1. The van der Waals surface area contributed by atoms with Crippen LogP contribution in [0.1, 0.15) is 23.3 Å². The van der Waals surface area contributed by atoms with E-state index in [-0.39, 0.29) is 6.79 Å². The van der Waals surface area contributed by atoms with Crippen LogP contribution in [-0.4, -0.2) is 94.7 Å². The predicted molar refractivity (Wildman–Crippen MR) is 132 cm³/mol. The Hall–Kier alpha value is -3.52. The number of morpholine rings is 1.